The van der Waals surface area contributed by atoms with Crippen LogP contribution in [0.25, 0.3) is 0 Å². The number of rotatable bonds is 6. The number of methoxy groups -OCH3 is 1. The van der Waals surface area contributed by atoms with Crippen molar-refractivity contribution in [1.82, 2.24) is 20.1 Å². The predicted octanol–water partition coefficient (Wildman–Crippen LogP) is 2.82. The lowest BCUT2D eigenvalue weighted by Crippen LogP contribution is -2.68. The van der Waals surface area contributed by atoms with Crippen molar-refractivity contribution in [2.24, 2.45) is 11.8 Å². The minimum absolute atomic E-state index is 0.0151. The number of alkyl halides is 2. The summed E-state index contributed by atoms with van der Waals surface area (Å²) in [4.78, 5) is 9.30. The molecule has 0 aromatic carbocycles. The molecule has 0 bridgehead atoms. The molecule has 7 unspecified atom stereocenters. The second kappa shape index (κ2) is 10.1. The van der Waals surface area contributed by atoms with Crippen LogP contribution in [0.5, 0.6) is 5.88 Å². The summed E-state index contributed by atoms with van der Waals surface area (Å²) in [7, 11) is 1.65. The van der Waals surface area contributed by atoms with Crippen molar-refractivity contribution >= 4 is 0 Å². The predicted molar refractivity (Wildman–Crippen MR) is 123 cm³/mol. The topological polar surface area (TPSA) is 49.9 Å². The molecule has 33 heavy (non-hydrogen) atoms. The van der Waals surface area contributed by atoms with Gasteiger partial charge in [-0.2, -0.15) is 0 Å². The van der Waals surface area contributed by atoms with Gasteiger partial charge in [0.1, 0.15) is 12.3 Å². The van der Waals surface area contributed by atoms with Gasteiger partial charge in [-0.25, -0.2) is 13.8 Å². The standard InChI is InChI=1S/C25H38F2N4O2/c1-16-15-33-25-23(27)21(26)10-19-8-18(14-31(16)24(19)25)13-30(20-4-3-6-28-11-20)12-17-5-7-29-22(9-17)32-2/h5,7,9,16,18-21,23-25,28H,3-4,6,8,10-15H2,1-2H3/t16?,18?,19?,20-,21?,23?,24?,25?/m0/s1. The van der Waals surface area contributed by atoms with E-state index < -0.39 is 18.4 Å². The van der Waals surface area contributed by atoms with Crippen molar-refractivity contribution in [3.05, 3.63) is 23.9 Å². The van der Waals surface area contributed by atoms with Gasteiger partial charge in [-0.3, -0.25) is 9.80 Å². The maximum atomic E-state index is 14.6. The monoisotopic (exact) mass is 464 g/mol. The number of nitrogens with zero attached hydrogens (tertiary/aromatic N) is 3. The van der Waals surface area contributed by atoms with E-state index in [1.165, 1.54) is 18.4 Å². The number of halogens is 2. The molecule has 0 radical (unpaired) electrons. The van der Waals surface area contributed by atoms with Crippen LogP contribution >= 0.6 is 0 Å². The molecule has 1 aromatic rings. The van der Waals surface area contributed by atoms with E-state index in [9.17, 15) is 8.78 Å². The molecule has 6 nitrogen and oxygen atoms in total. The van der Waals surface area contributed by atoms with Gasteiger partial charge in [-0.15, -0.1) is 0 Å². The van der Waals surface area contributed by atoms with E-state index >= 15 is 0 Å². The Kier molecular flexibility index (Phi) is 7.16. The van der Waals surface area contributed by atoms with Gasteiger partial charge in [0, 0.05) is 56.6 Å². The fourth-order valence-corrected chi connectivity index (χ4v) is 6.70. The molecule has 1 saturated carbocycles. The van der Waals surface area contributed by atoms with Crippen LogP contribution in [0.2, 0.25) is 0 Å². The number of nitrogens with one attached hydrogen (secondary N) is 1. The highest BCUT2D eigenvalue weighted by Gasteiger charge is 2.54. The lowest BCUT2D eigenvalue weighted by atomic mass is 9.71. The molecule has 4 heterocycles. The third kappa shape index (κ3) is 4.90. The lowest BCUT2D eigenvalue weighted by molar-refractivity contribution is -0.194. The number of morpholine rings is 1. The van der Waals surface area contributed by atoms with Gasteiger partial charge in [-0.05, 0) is 62.6 Å². The van der Waals surface area contributed by atoms with Gasteiger partial charge < -0.3 is 14.8 Å². The van der Waals surface area contributed by atoms with Crippen LogP contribution in [0.15, 0.2) is 18.3 Å². The average molecular weight is 465 g/mol. The Labute approximate surface area is 196 Å². The number of aromatic nitrogens is 1. The summed E-state index contributed by atoms with van der Waals surface area (Å²) in [5.74, 6) is 1.23. The largest absolute Gasteiger partial charge is 0.481 e. The Bertz CT molecular complexity index is 795. The molecule has 4 fully saturated rings. The van der Waals surface area contributed by atoms with Crippen LogP contribution < -0.4 is 10.1 Å². The summed E-state index contributed by atoms with van der Waals surface area (Å²) >= 11 is 0. The number of pyridine rings is 1. The molecule has 8 atom stereocenters. The Morgan fingerprint density at radius 2 is 2.21 bits per heavy atom. The first kappa shape index (κ1) is 23.4. The number of piperidine rings is 2. The van der Waals surface area contributed by atoms with Crippen LogP contribution in [-0.4, -0.2) is 91.3 Å². The lowest BCUT2D eigenvalue weighted by Gasteiger charge is -2.57. The second-order valence-electron chi connectivity index (χ2n) is 10.5. The maximum Gasteiger partial charge on any atom is 0.213 e. The van der Waals surface area contributed by atoms with Crippen molar-refractivity contribution < 1.29 is 18.3 Å². The van der Waals surface area contributed by atoms with E-state index in [0.29, 0.717) is 30.9 Å². The highest BCUT2D eigenvalue weighted by molar-refractivity contribution is 5.20. The van der Waals surface area contributed by atoms with Gasteiger partial charge in [0.2, 0.25) is 5.88 Å². The van der Waals surface area contributed by atoms with Gasteiger partial charge >= 0.3 is 0 Å². The molecule has 3 aliphatic heterocycles. The third-order valence-corrected chi connectivity index (χ3v) is 8.26. The van der Waals surface area contributed by atoms with E-state index in [0.717, 1.165) is 39.1 Å². The van der Waals surface area contributed by atoms with Gasteiger partial charge in [-0.1, -0.05) is 0 Å². The highest BCUT2D eigenvalue weighted by atomic mass is 19.2. The van der Waals surface area contributed by atoms with Crippen LogP contribution in [0, 0.1) is 11.8 Å². The molecular weight excluding hydrogens is 426 g/mol. The van der Waals surface area contributed by atoms with Crippen LogP contribution in [-0.2, 0) is 11.3 Å². The van der Waals surface area contributed by atoms with E-state index in [1.807, 2.05) is 12.3 Å². The fraction of sp³-hybridized carbons (Fsp3) is 0.800. The SMILES string of the molecule is COc1cc(CN(CC2CC3CC(F)C(F)C4OCC(C)N(C2)C34)[C@H]2CCCNC2)ccn1. The maximum absolute atomic E-state index is 14.6. The number of hydrogen-bond acceptors (Lipinski definition) is 6. The molecule has 1 aliphatic carbocycles. The summed E-state index contributed by atoms with van der Waals surface area (Å²) < 4.78 is 40.4. The van der Waals surface area contributed by atoms with Crippen LogP contribution in [0.3, 0.4) is 0 Å². The normalized spacial score (nSPS) is 39.3. The molecule has 0 spiro atoms. The molecule has 0 amide bonds. The first-order valence-corrected chi connectivity index (χ1v) is 12.6. The summed E-state index contributed by atoms with van der Waals surface area (Å²) in [6.45, 7) is 7.46. The number of ether oxygens (including phenoxy) is 2. The van der Waals surface area contributed by atoms with E-state index in [4.69, 9.17) is 9.47 Å². The molecular formula is C25H38F2N4O2. The zero-order chi connectivity index (χ0) is 22.9. The summed E-state index contributed by atoms with van der Waals surface area (Å²) in [6.07, 6.45) is 1.91. The van der Waals surface area contributed by atoms with Crippen molar-refractivity contribution in [3.8, 4) is 5.88 Å². The zero-order valence-electron chi connectivity index (χ0n) is 19.8. The van der Waals surface area contributed by atoms with Crippen LogP contribution in [0.4, 0.5) is 8.78 Å². The van der Waals surface area contributed by atoms with Gasteiger partial charge in [0.05, 0.1) is 13.7 Å². The number of hydrogen-bond donors (Lipinski definition) is 1. The first-order valence-electron chi connectivity index (χ1n) is 12.6. The third-order valence-electron chi connectivity index (χ3n) is 8.26. The van der Waals surface area contributed by atoms with Gasteiger partial charge in [0.15, 0.2) is 6.17 Å². The Hall–Kier alpha value is -1.35. The summed E-state index contributed by atoms with van der Waals surface area (Å²) in [5, 5.41) is 3.56. The second-order valence-corrected chi connectivity index (χ2v) is 10.5. The van der Waals surface area contributed by atoms with Crippen molar-refractivity contribution in [3.63, 3.8) is 0 Å². The molecule has 3 saturated heterocycles. The van der Waals surface area contributed by atoms with Crippen molar-refractivity contribution in [2.75, 3.05) is 39.9 Å². The fourth-order valence-electron chi connectivity index (χ4n) is 6.70. The highest BCUT2D eigenvalue weighted by Crippen LogP contribution is 2.44. The van der Waals surface area contributed by atoms with Crippen molar-refractivity contribution in [1.29, 1.82) is 0 Å². The molecule has 5 rings (SSSR count). The molecule has 1 aromatic heterocycles. The van der Waals surface area contributed by atoms with Crippen LogP contribution in [0.1, 0.15) is 38.2 Å². The van der Waals surface area contributed by atoms with E-state index in [2.05, 4.69) is 33.1 Å². The molecule has 184 valence electrons. The zero-order valence-corrected chi connectivity index (χ0v) is 19.8. The van der Waals surface area contributed by atoms with Gasteiger partial charge in [0.25, 0.3) is 0 Å². The molecule has 8 heteroatoms. The summed E-state index contributed by atoms with van der Waals surface area (Å²) in [5.41, 5.74) is 1.20. The van der Waals surface area contributed by atoms with E-state index in [-0.39, 0.29) is 18.0 Å². The minimum Gasteiger partial charge on any atom is -0.481 e. The summed E-state index contributed by atoms with van der Waals surface area (Å²) in [6, 6.07) is 4.81. The molecule has 4 aliphatic rings. The smallest absolute Gasteiger partial charge is 0.213 e. The van der Waals surface area contributed by atoms with E-state index in [1.54, 1.807) is 7.11 Å². The average Bonchev–Trinajstić information content (AvgIpc) is 2.84. The molecule has 1 N–H and O–H groups in total. The van der Waals surface area contributed by atoms with Crippen molar-refractivity contribution in [2.45, 2.75) is 75.7 Å². The quantitative estimate of drug-likeness (QED) is 0.699. The Balaban J connectivity index is 1.34. The first-order chi connectivity index (χ1) is 16.0. The Morgan fingerprint density at radius 3 is 3.00 bits per heavy atom. The Morgan fingerprint density at radius 1 is 1.33 bits per heavy atom. The minimum atomic E-state index is -1.50.